The number of hydrogen-bond acceptors (Lipinski definition) is 1. The highest BCUT2D eigenvalue weighted by Gasteiger charge is 1.92. The Hall–Kier alpha value is -0.880. The molecular weight excluding hydrogens is 160 g/mol. The largest absolute Gasteiger partial charge is 0.296 e. The van der Waals surface area contributed by atoms with Crippen molar-refractivity contribution in [3.63, 3.8) is 0 Å². The highest BCUT2D eigenvalue weighted by atomic mass is 15.0. The van der Waals surface area contributed by atoms with Gasteiger partial charge in [0.1, 0.15) is 11.3 Å². The molecule has 74 valence electrons. The van der Waals surface area contributed by atoms with Crippen LogP contribution in [0.5, 0.6) is 0 Å². The summed E-state index contributed by atoms with van der Waals surface area (Å²) in [5, 5.41) is 3.74. The normalized spacial score (nSPS) is 11.1. The van der Waals surface area contributed by atoms with Crippen LogP contribution in [0.15, 0.2) is 16.9 Å². The van der Waals surface area contributed by atoms with Crippen molar-refractivity contribution in [3.05, 3.63) is 11.8 Å². The standard InChI is InChI=1S/C11H21N2/c1-4-5-6-7-8-9-11(2)10-13-12-3/h10H,3-9H2,1-2H3/q+1. The molecule has 0 fully saturated rings. The van der Waals surface area contributed by atoms with Crippen molar-refractivity contribution in [1.29, 1.82) is 0 Å². The fraction of sp³-hybridized carbons (Fsp3) is 0.727. The maximum atomic E-state index is 3.74. The monoisotopic (exact) mass is 181 g/mol. The van der Waals surface area contributed by atoms with Crippen LogP contribution in [-0.4, -0.2) is 11.5 Å². The van der Waals surface area contributed by atoms with Crippen LogP contribution < -0.4 is 0 Å². The maximum absolute atomic E-state index is 3.74. The van der Waals surface area contributed by atoms with Gasteiger partial charge in [0.2, 0.25) is 0 Å². The van der Waals surface area contributed by atoms with Crippen molar-refractivity contribution < 1.29 is 4.79 Å². The van der Waals surface area contributed by atoms with Crippen molar-refractivity contribution in [1.82, 2.24) is 0 Å². The van der Waals surface area contributed by atoms with Crippen molar-refractivity contribution in [3.8, 4) is 0 Å². The lowest BCUT2D eigenvalue weighted by Gasteiger charge is -1.98. The van der Waals surface area contributed by atoms with Gasteiger partial charge < -0.3 is 0 Å². The minimum absolute atomic E-state index is 1.14. The first-order chi connectivity index (χ1) is 6.31. The van der Waals surface area contributed by atoms with Gasteiger partial charge in [0.15, 0.2) is 0 Å². The third-order valence-corrected chi connectivity index (χ3v) is 2.03. The van der Waals surface area contributed by atoms with Crippen molar-refractivity contribution in [2.75, 3.05) is 0 Å². The molecule has 0 atom stereocenters. The third kappa shape index (κ3) is 9.03. The molecule has 13 heavy (non-hydrogen) atoms. The summed E-state index contributed by atoms with van der Waals surface area (Å²) in [6, 6.07) is 0. The summed E-state index contributed by atoms with van der Waals surface area (Å²) in [7, 11) is 0. The molecule has 0 rings (SSSR count). The molecule has 0 aliphatic heterocycles. The summed E-state index contributed by atoms with van der Waals surface area (Å²) in [5.41, 5.74) is 1.30. The molecule has 0 aromatic rings. The number of nitrogens with zero attached hydrogens (tertiary/aromatic N) is 2. The van der Waals surface area contributed by atoms with E-state index < -0.39 is 0 Å². The Morgan fingerprint density at radius 2 is 2.00 bits per heavy atom. The minimum Gasteiger partial charge on any atom is -0.0654 e. The summed E-state index contributed by atoms with van der Waals surface area (Å²) in [6.45, 7) is 7.62. The summed E-state index contributed by atoms with van der Waals surface area (Å²) >= 11 is 0. The van der Waals surface area contributed by atoms with E-state index in [1.807, 2.05) is 0 Å². The molecule has 0 amide bonds. The van der Waals surface area contributed by atoms with E-state index in [9.17, 15) is 0 Å². The topological polar surface area (TPSA) is 26.5 Å². The molecular formula is C11H21N2+. The Kier molecular flexibility index (Phi) is 8.59. The predicted octanol–water partition coefficient (Wildman–Crippen LogP) is 3.61. The van der Waals surface area contributed by atoms with E-state index in [4.69, 9.17) is 0 Å². The summed E-state index contributed by atoms with van der Waals surface area (Å²) in [6.07, 6.45) is 9.58. The average Bonchev–Trinajstić information content (AvgIpc) is 2.14. The summed E-state index contributed by atoms with van der Waals surface area (Å²) in [4.78, 5) is 3.43. The first kappa shape index (κ1) is 12.1. The third-order valence-electron chi connectivity index (χ3n) is 2.03. The van der Waals surface area contributed by atoms with Crippen molar-refractivity contribution in [2.24, 2.45) is 5.11 Å². The zero-order valence-corrected chi connectivity index (χ0v) is 8.92. The predicted molar refractivity (Wildman–Crippen MR) is 56.9 cm³/mol. The van der Waals surface area contributed by atoms with Crippen LogP contribution in [0.1, 0.15) is 52.4 Å². The second kappa shape index (κ2) is 9.21. The van der Waals surface area contributed by atoms with Gasteiger partial charge in [-0.15, -0.1) is 0 Å². The Labute approximate surface area is 81.5 Å². The summed E-state index contributed by atoms with van der Waals surface area (Å²) in [5.74, 6) is 0. The van der Waals surface area contributed by atoms with Gasteiger partial charge >= 0.3 is 0 Å². The number of allylic oxidation sites excluding steroid dienone is 1. The Morgan fingerprint density at radius 1 is 1.31 bits per heavy atom. The van der Waals surface area contributed by atoms with Gasteiger partial charge in [0.25, 0.3) is 6.72 Å². The summed E-state index contributed by atoms with van der Waals surface area (Å²) < 4.78 is 0. The van der Waals surface area contributed by atoms with Gasteiger partial charge in [0.05, 0.1) is 0 Å². The van der Waals surface area contributed by atoms with E-state index in [0.717, 1.165) is 6.42 Å². The van der Waals surface area contributed by atoms with E-state index in [0.29, 0.717) is 0 Å². The molecule has 0 radical (unpaired) electrons. The van der Waals surface area contributed by atoms with E-state index >= 15 is 0 Å². The van der Waals surface area contributed by atoms with Gasteiger partial charge in [-0.3, -0.25) is 0 Å². The highest BCUT2D eigenvalue weighted by Crippen LogP contribution is 2.10. The molecule has 2 heteroatoms. The van der Waals surface area contributed by atoms with Gasteiger partial charge in [-0.25, -0.2) is 0 Å². The van der Waals surface area contributed by atoms with Crippen LogP contribution in [0.25, 0.3) is 0 Å². The molecule has 0 N–H and O–H groups in total. The van der Waals surface area contributed by atoms with Crippen LogP contribution in [-0.2, 0) is 0 Å². The van der Waals surface area contributed by atoms with Gasteiger partial charge in [-0.05, 0) is 25.3 Å². The van der Waals surface area contributed by atoms with Crippen LogP contribution in [0.4, 0.5) is 0 Å². The number of rotatable bonds is 7. The zero-order valence-electron chi connectivity index (χ0n) is 8.92. The molecule has 0 unspecified atom stereocenters. The molecule has 0 aromatic carbocycles. The second-order valence-corrected chi connectivity index (χ2v) is 3.40. The lowest BCUT2D eigenvalue weighted by molar-refractivity contribution is -0.0653. The Balaban J connectivity index is 3.36. The average molecular weight is 181 g/mol. The van der Waals surface area contributed by atoms with Crippen LogP contribution in [0.2, 0.25) is 0 Å². The van der Waals surface area contributed by atoms with E-state index in [1.54, 1.807) is 6.20 Å². The van der Waals surface area contributed by atoms with Crippen LogP contribution in [0.3, 0.4) is 0 Å². The quantitative estimate of drug-likeness (QED) is 0.248. The smallest absolute Gasteiger partial charge is 0.0654 e. The second-order valence-electron chi connectivity index (χ2n) is 3.40. The Morgan fingerprint density at radius 3 is 2.62 bits per heavy atom. The number of unbranched alkanes of at least 4 members (excludes halogenated alkanes) is 4. The fourth-order valence-electron chi connectivity index (χ4n) is 1.21. The molecule has 0 bridgehead atoms. The molecule has 0 aliphatic carbocycles. The first-order valence-electron chi connectivity index (χ1n) is 5.12. The minimum atomic E-state index is 1.14. The lowest BCUT2D eigenvalue weighted by atomic mass is 10.1. The lowest BCUT2D eigenvalue weighted by Crippen LogP contribution is -1.80. The molecule has 2 nitrogen and oxygen atoms in total. The van der Waals surface area contributed by atoms with E-state index in [1.165, 1.54) is 37.7 Å². The molecule has 0 saturated heterocycles. The van der Waals surface area contributed by atoms with Gasteiger partial charge in [-0.1, -0.05) is 32.6 Å². The first-order valence-corrected chi connectivity index (χ1v) is 5.12. The van der Waals surface area contributed by atoms with Gasteiger partial charge in [0, 0.05) is 4.79 Å². The van der Waals surface area contributed by atoms with Gasteiger partial charge in [-0.2, -0.15) is 0 Å². The molecule has 0 spiro atoms. The highest BCUT2D eigenvalue weighted by molar-refractivity contribution is 5.12. The molecule has 0 saturated carbocycles. The SMILES string of the molecule is C=[N+]=NC=C(C)CCCCCCC. The van der Waals surface area contributed by atoms with Crippen LogP contribution >= 0.6 is 0 Å². The molecule has 0 aliphatic rings. The van der Waals surface area contributed by atoms with E-state index in [2.05, 4.69) is 30.5 Å². The van der Waals surface area contributed by atoms with Crippen molar-refractivity contribution in [2.45, 2.75) is 52.4 Å². The van der Waals surface area contributed by atoms with Crippen LogP contribution in [0, 0.1) is 0 Å². The van der Waals surface area contributed by atoms with Crippen molar-refractivity contribution >= 4 is 6.72 Å². The van der Waals surface area contributed by atoms with E-state index in [-0.39, 0.29) is 0 Å². The fourth-order valence-corrected chi connectivity index (χ4v) is 1.21. The number of hydrogen-bond donors (Lipinski definition) is 0. The molecule has 0 aromatic heterocycles. The maximum Gasteiger partial charge on any atom is 0.296 e. The zero-order chi connectivity index (χ0) is 9.94. The Bertz CT molecular complexity index is 188. The molecule has 0 heterocycles.